The van der Waals surface area contributed by atoms with Crippen molar-refractivity contribution >= 4 is 37.6 Å². The number of likely N-dealkylation sites (N-methyl/N-ethyl adjacent to an activating group) is 1. The molecule has 0 aromatic heterocycles. The summed E-state index contributed by atoms with van der Waals surface area (Å²) in [6.07, 6.45) is -8.33. The number of nitrogens with one attached hydrogen (secondary N) is 1. The molecule has 0 bridgehead atoms. The van der Waals surface area contributed by atoms with Gasteiger partial charge in [0, 0.05) is 30.1 Å². The van der Waals surface area contributed by atoms with E-state index in [0.29, 0.717) is 23.9 Å². The summed E-state index contributed by atoms with van der Waals surface area (Å²) in [6, 6.07) is 14.3. The number of halogens is 7. The molecule has 0 amide bonds. The van der Waals surface area contributed by atoms with Crippen LogP contribution < -0.4 is 9.62 Å². The normalized spacial score (nSPS) is 17.2. The molecule has 0 radical (unpaired) electrons. The number of rotatable bonds is 8. The standard InChI is InChI=1S/C23H29BrF3N3O2S.C2HF3O2/c1-29(2)20(13-17-7-4-3-5-8-17)15-28-33(31,32)22-11-10-19(24)14-21(22)30-12-6-9-18(16-30)23(25,26)27;3-2(4,5)1(6)7/h3-5,7-8,10-11,14,18,20,28H,6,9,12-13,15-16H2,1-2H3;(H,6,7). The molecule has 0 spiro atoms. The second-order valence-electron chi connectivity index (χ2n) is 9.40. The topological polar surface area (TPSA) is 90.0 Å². The minimum Gasteiger partial charge on any atom is -0.475 e. The van der Waals surface area contributed by atoms with Crippen LogP contribution in [-0.2, 0) is 21.2 Å². The Hall–Kier alpha value is -2.36. The van der Waals surface area contributed by atoms with Gasteiger partial charge in [0.2, 0.25) is 10.0 Å². The number of hydrogen-bond acceptors (Lipinski definition) is 5. The number of aliphatic carboxylic acids is 1. The third kappa shape index (κ3) is 10.2. The van der Waals surface area contributed by atoms with Crippen molar-refractivity contribution < 1.29 is 44.7 Å². The van der Waals surface area contributed by atoms with Gasteiger partial charge in [-0.2, -0.15) is 26.3 Å². The second-order valence-corrected chi connectivity index (χ2v) is 12.1. The van der Waals surface area contributed by atoms with Crippen molar-refractivity contribution in [1.82, 2.24) is 9.62 Å². The van der Waals surface area contributed by atoms with Crippen LogP contribution in [0.15, 0.2) is 57.9 Å². The molecular formula is C25H30BrF6N3O4S. The van der Waals surface area contributed by atoms with Gasteiger partial charge in [-0.25, -0.2) is 17.9 Å². The highest BCUT2D eigenvalue weighted by Crippen LogP contribution is 2.37. The van der Waals surface area contributed by atoms with E-state index in [9.17, 15) is 34.8 Å². The van der Waals surface area contributed by atoms with Crippen molar-refractivity contribution in [3.05, 3.63) is 58.6 Å². The molecule has 40 heavy (non-hydrogen) atoms. The van der Waals surface area contributed by atoms with E-state index in [2.05, 4.69) is 20.7 Å². The lowest BCUT2D eigenvalue weighted by atomic mass is 9.97. The van der Waals surface area contributed by atoms with E-state index in [1.54, 1.807) is 12.1 Å². The maximum absolute atomic E-state index is 13.3. The summed E-state index contributed by atoms with van der Waals surface area (Å²) < 4.78 is 102. The first-order chi connectivity index (χ1) is 18.4. The Morgan fingerprint density at radius 2 is 1.73 bits per heavy atom. The Kier molecular flexibility index (Phi) is 11.9. The lowest BCUT2D eigenvalue weighted by molar-refractivity contribution is -0.192. The molecular weight excluding hydrogens is 632 g/mol. The predicted octanol–water partition coefficient (Wildman–Crippen LogP) is 5.31. The number of carboxylic acid groups (broad SMARTS) is 1. The molecule has 7 nitrogen and oxygen atoms in total. The van der Waals surface area contributed by atoms with Crippen LogP contribution in [0.4, 0.5) is 32.0 Å². The molecule has 1 fully saturated rings. The summed E-state index contributed by atoms with van der Waals surface area (Å²) in [5.74, 6) is -4.23. The number of anilines is 1. The summed E-state index contributed by atoms with van der Waals surface area (Å²) in [5, 5.41) is 7.12. The van der Waals surface area contributed by atoms with Crippen LogP contribution in [0.1, 0.15) is 18.4 Å². The van der Waals surface area contributed by atoms with Gasteiger partial charge in [-0.05, 0) is 57.1 Å². The van der Waals surface area contributed by atoms with Crippen molar-refractivity contribution in [2.75, 3.05) is 38.6 Å². The number of carboxylic acids is 1. The molecule has 2 aromatic carbocycles. The summed E-state index contributed by atoms with van der Waals surface area (Å²) in [6.45, 7) is 0.293. The average Bonchev–Trinajstić information content (AvgIpc) is 2.86. The first-order valence-electron chi connectivity index (χ1n) is 12.0. The minimum atomic E-state index is -5.08. The molecule has 1 aliphatic heterocycles. The van der Waals surface area contributed by atoms with Crippen molar-refractivity contribution in [3.8, 4) is 0 Å². The SMILES string of the molecule is CN(C)C(CNS(=O)(=O)c1ccc(Br)cc1N1CCCC(C(F)(F)F)C1)Cc1ccccc1.O=C(O)C(F)(F)F. The van der Waals surface area contributed by atoms with Crippen molar-refractivity contribution in [2.24, 2.45) is 5.92 Å². The summed E-state index contributed by atoms with van der Waals surface area (Å²) >= 11 is 3.33. The zero-order valence-corrected chi connectivity index (χ0v) is 24.0. The third-order valence-electron chi connectivity index (χ3n) is 6.23. The Morgan fingerprint density at radius 3 is 2.25 bits per heavy atom. The zero-order chi connectivity index (χ0) is 30.3. The van der Waals surface area contributed by atoms with E-state index in [1.165, 1.54) is 11.0 Å². The number of piperidine rings is 1. The van der Waals surface area contributed by atoms with Gasteiger partial charge >= 0.3 is 18.3 Å². The van der Waals surface area contributed by atoms with E-state index in [-0.39, 0.29) is 36.1 Å². The first kappa shape index (κ1) is 33.8. The Bertz CT molecular complexity index is 1230. The fourth-order valence-corrected chi connectivity index (χ4v) is 5.66. The van der Waals surface area contributed by atoms with E-state index in [1.807, 2.05) is 49.3 Å². The molecule has 2 unspecified atom stereocenters. The fourth-order valence-electron chi connectivity index (χ4n) is 4.04. The molecule has 2 aromatic rings. The number of hydrogen-bond donors (Lipinski definition) is 2. The summed E-state index contributed by atoms with van der Waals surface area (Å²) in [7, 11) is -0.178. The molecule has 224 valence electrons. The van der Waals surface area contributed by atoms with Gasteiger partial charge in [0.05, 0.1) is 11.6 Å². The Morgan fingerprint density at radius 1 is 1.12 bits per heavy atom. The highest BCUT2D eigenvalue weighted by Gasteiger charge is 2.42. The molecule has 0 aliphatic carbocycles. The quantitative estimate of drug-likeness (QED) is 0.373. The van der Waals surface area contributed by atoms with E-state index < -0.39 is 34.3 Å². The molecule has 1 saturated heterocycles. The number of alkyl halides is 6. The van der Waals surface area contributed by atoms with E-state index >= 15 is 0 Å². The molecule has 1 aliphatic rings. The van der Waals surface area contributed by atoms with Crippen LogP contribution >= 0.6 is 15.9 Å². The zero-order valence-electron chi connectivity index (χ0n) is 21.6. The van der Waals surface area contributed by atoms with Crippen molar-refractivity contribution in [1.29, 1.82) is 0 Å². The van der Waals surface area contributed by atoms with Gasteiger partial charge in [0.25, 0.3) is 0 Å². The van der Waals surface area contributed by atoms with Crippen molar-refractivity contribution in [3.63, 3.8) is 0 Å². The minimum absolute atomic E-state index is 0.00857. The number of carbonyl (C=O) groups is 1. The van der Waals surface area contributed by atoms with Crippen LogP contribution in [0, 0.1) is 5.92 Å². The lowest BCUT2D eigenvalue weighted by Crippen LogP contribution is -2.43. The number of benzene rings is 2. The Balaban J connectivity index is 0.000000708. The molecule has 15 heteroatoms. The van der Waals surface area contributed by atoms with E-state index in [0.717, 1.165) is 5.56 Å². The third-order valence-corrected chi connectivity index (χ3v) is 8.20. The maximum atomic E-state index is 13.3. The smallest absolute Gasteiger partial charge is 0.475 e. The molecule has 0 saturated carbocycles. The van der Waals surface area contributed by atoms with Crippen LogP contribution in [0.2, 0.25) is 0 Å². The molecule has 2 atom stereocenters. The first-order valence-corrected chi connectivity index (χ1v) is 14.3. The second kappa shape index (κ2) is 14.0. The molecule has 3 rings (SSSR count). The van der Waals surface area contributed by atoms with Gasteiger partial charge in [-0.15, -0.1) is 0 Å². The number of sulfonamides is 1. The maximum Gasteiger partial charge on any atom is 0.490 e. The highest BCUT2D eigenvalue weighted by molar-refractivity contribution is 9.10. The van der Waals surface area contributed by atoms with Crippen molar-refractivity contribution in [2.45, 2.75) is 42.6 Å². The lowest BCUT2D eigenvalue weighted by Gasteiger charge is -2.36. The van der Waals surface area contributed by atoms with Gasteiger partial charge in [0.15, 0.2) is 0 Å². The highest BCUT2D eigenvalue weighted by atomic mass is 79.9. The van der Waals surface area contributed by atoms with Gasteiger partial charge < -0.3 is 14.9 Å². The average molecular weight is 662 g/mol. The van der Waals surface area contributed by atoms with Gasteiger partial charge in [0.1, 0.15) is 4.90 Å². The van der Waals surface area contributed by atoms with Gasteiger partial charge in [-0.1, -0.05) is 46.3 Å². The largest absolute Gasteiger partial charge is 0.490 e. The van der Waals surface area contributed by atoms with Crippen LogP contribution in [0.5, 0.6) is 0 Å². The molecule has 2 N–H and O–H groups in total. The Labute approximate surface area is 237 Å². The fraction of sp³-hybridized carbons (Fsp3) is 0.480. The monoisotopic (exact) mass is 661 g/mol. The van der Waals surface area contributed by atoms with Crippen LogP contribution in [0.3, 0.4) is 0 Å². The summed E-state index contributed by atoms with van der Waals surface area (Å²) in [5.41, 5.74) is 1.38. The molecule has 1 heterocycles. The van der Waals surface area contributed by atoms with Crippen LogP contribution in [-0.4, -0.2) is 76.5 Å². The van der Waals surface area contributed by atoms with Crippen LogP contribution in [0.25, 0.3) is 0 Å². The van der Waals surface area contributed by atoms with Gasteiger partial charge in [-0.3, -0.25) is 0 Å². The number of nitrogens with zero attached hydrogens (tertiary/aromatic N) is 2. The summed E-state index contributed by atoms with van der Waals surface area (Å²) in [4.78, 5) is 12.4. The predicted molar refractivity (Wildman–Crippen MR) is 142 cm³/mol. The van der Waals surface area contributed by atoms with E-state index in [4.69, 9.17) is 9.90 Å².